The van der Waals surface area contributed by atoms with Crippen LogP contribution in [0, 0.1) is 11.8 Å². The zero-order valence-corrected chi connectivity index (χ0v) is 19.1. The maximum atomic E-state index is 13.1. The van der Waals surface area contributed by atoms with Gasteiger partial charge in [0.2, 0.25) is 5.91 Å². The van der Waals surface area contributed by atoms with Crippen LogP contribution >= 0.6 is 24.8 Å². The van der Waals surface area contributed by atoms with Gasteiger partial charge in [-0.1, -0.05) is 18.9 Å². The van der Waals surface area contributed by atoms with Crippen molar-refractivity contribution in [1.82, 2.24) is 15.2 Å². The first kappa shape index (κ1) is 24.2. The van der Waals surface area contributed by atoms with Gasteiger partial charge in [-0.15, -0.1) is 24.8 Å². The second-order valence-corrected chi connectivity index (χ2v) is 8.60. The van der Waals surface area contributed by atoms with Crippen molar-refractivity contribution < 1.29 is 4.79 Å². The molecule has 1 amide bonds. The van der Waals surface area contributed by atoms with Crippen molar-refractivity contribution in [2.45, 2.75) is 64.0 Å². The fourth-order valence-electron chi connectivity index (χ4n) is 5.30. The molecule has 7 heteroatoms. The molecule has 4 rings (SSSR count). The molecule has 3 unspecified atom stereocenters. The number of hydrogen-bond acceptors (Lipinski definition) is 4. The van der Waals surface area contributed by atoms with Gasteiger partial charge < -0.3 is 15.1 Å². The summed E-state index contributed by atoms with van der Waals surface area (Å²) in [5.74, 6) is 2.77. The summed E-state index contributed by atoms with van der Waals surface area (Å²) in [6.07, 6.45) is 10.4. The number of nitrogens with one attached hydrogen (secondary N) is 1. The highest BCUT2D eigenvalue weighted by Crippen LogP contribution is 2.34. The summed E-state index contributed by atoms with van der Waals surface area (Å²) < 4.78 is 0. The van der Waals surface area contributed by atoms with Gasteiger partial charge >= 0.3 is 0 Å². The number of fused-ring (bicyclic) bond motifs is 1. The number of carbonyl (C=O) groups is 1. The smallest absolute Gasteiger partial charge is 0.239 e. The Morgan fingerprint density at radius 2 is 1.93 bits per heavy atom. The minimum absolute atomic E-state index is 0. The van der Waals surface area contributed by atoms with Crippen LogP contribution in [0.4, 0.5) is 5.82 Å². The summed E-state index contributed by atoms with van der Waals surface area (Å²) in [5, 5.41) is 3.67. The molecule has 0 aromatic carbocycles. The highest BCUT2D eigenvalue weighted by Gasteiger charge is 2.39. The number of hydrogen-bond donors (Lipinski definition) is 1. The van der Waals surface area contributed by atoms with E-state index in [1.807, 2.05) is 12.3 Å². The monoisotopic (exact) mass is 442 g/mol. The summed E-state index contributed by atoms with van der Waals surface area (Å²) in [6.45, 7) is 5.95. The van der Waals surface area contributed by atoms with E-state index in [1.165, 1.54) is 25.7 Å². The fourth-order valence-corrected chi connectivity index (χ4v) is 5.30. The molecule has 1 aromatic rings. The van der Waals surface area contributed by atoms with E-state index < -0.39 is 0 Å². The van der Waals surface area contributed by atoms with Gasteiger partial charge in [-0.25, -0.2) is 4.98 Å². The Morgan fingerprint density at radius 1 is 1.17 bits per heavy atom. The van der Waals surface area contributed by atoms with Crippen molar-refractivity contribution in [3.63, 3.8) is 0 Å². The van der Waals surface area contributed by atoms with Gasteiger partial charge in [-0.3, -0.25) is 4.79 Å². The van der Waals surface area contributed by atoms with Gasteiger partial charge in [-0.2, -0.15) is 0 Å². The summed E-state index contributed by atoms with van der Waals surface area (Å²) in [6, 6.07) is 6.76. The van der Waals surface area contributed by atoms with Crippen molar-refractivity contribution in [3.05, 3.63) is 24.4 Å². The predicted molar refractivity (Wildman–Crippen MR) is 123 cm³/mol. The van der Waals surface area contributed by atoms with E-state index in [0.717, 1.165) is 57.2 Å². The zero-order valence-electron chi connectivity index (χ0n) is 17.5. The lowest BCUT2D eigenvalue weighted by atomic mass is 9.85. The number of aromatic nitrogens is 1. The van der Waals surface area contributed by atoms with Crippen molar-refractivity contribution >= 4 is 36.5 Å². The van der Waals surface area contributed by atoms with E-state index in [2.05, 4.69) is 39.2 Å². The van der Waals surface area contributed by atoms with Crippen LogP contribution in [-0.4, -0.2) is 54.1 Å². The largest absolute Gasteiger partial charge is 0.357 e. The number of rotatable bonds is 5. The number of halogens is 2. The molecule has 0 radical (unpaired) electrons. The van der Waals surface area contributed by atoms with E-state index in [9.17, 15) is 4.79 Å². The second kappa shape index (κ2) is 11.4. The molecule has 2 aliphatic heterocycles. The summed E-state index contributed by atoms with van der Waals surface area (Å²) >= 11 is 0. The van der Waals surface area contributed by atoms with Crippen LogP contribution in [0.5, 0.6) is 0 Å². The second-order valence-electron chi connectivity index (χ2n) is 8.60. The SMILES string of the molecule is CCN(CC1CCN(c2ccccn2)CC1)C(=O)C1CC2CCCCC2N1.Cl.Cl. The van der Waals surface area contributed by atoms with E-state index in [1.54, 1.807) is 0 Å². The lowest BCUT2D eigenvalue weighted by Crippen LogP contribution is -2.48. The van der Waals surface area contributed by atoms with Crippen molar-refractivity contribution in [1.29, 1.82) is 0 Å². The van der Waals surface area contributed by atoms with E-state index in [0.29, 0.717) is 17.9 Å². The molecular formula is C22H36Cl2N4O. The standard InChI is InChI=1S/C22H34N4O.2ClH/c1-2-25(22(27)20-15-18-7-3-4-8-19(18)24-20)16-17-10-13-26(14-11-17)21-9-5-6-12-23-21;;/h5-6,9,12,17-20,24H,2-4,7-8,10-11,13-16H2,1H3;2*1H. The summed E-state index contributed by atoms with van der Waals surface area (Å²) in [5.41, 5.74) is 0. The normalized spacial score (nSPS) is 26.8. The third-order valence-corrected chi connectivity index (χ3v) is 6.92. The average Bonchev–Trinajstić information content (AvgIpc) is 3.17. The van der Waals surface area contributed by atoms with Crippen LogP contribution in [-0.2, 0) is 4.79 Å². The van der Waals surface area contributed by atoms with Gasteiger partial charge in [0.15, 0.2) is 0 Å². The first-order valence-electron chi connectivity index (χ1n) is 11.0. The number of carbonyl (C=O) groups excluding carboxylic acids is 1. The molecule has 1 aliphatic carbocycles. The quantitative estimate of drug-likeness (QED) is 0.750. The molecule has 1 aromatic heterocycles. The fraction of sp³-hybridized carbons (Fsp3) is 0.727. The maximum Gasteiger partial charge on any atom is 0.239 e. The number of amides is 1. The van der Waals surface area contributed by atoms with Crippen LogP contribution < -0.4 is 10.2 Å². The lowest BCUT2D eigenvalue weighted by molar-refractivity contribution is -0.133. The Labute approximate surface area is 187 Å². The van der Waals surface area contributed by atoms with Crippen LogP contribution in [0.25, 0.3) is 0 Å². The molecule has 3 heterocycles. The molecule has 3 aliphatic rings. The molecule has 3 fully saturated rings. The predicted octanol–water partition coefficient (Wildman–Crippen LogP) is 3.91. The number of nitrogens with zero attached hydrogens (tertiary/aromatic N) is 3. The number of anilines is 1. The topological polar surface area (TPSA) is 48.5 Å². The van der Waals surface area contributed by atoms with Crippen LogP contribution in [0.15, 0.2) is 24.4 Å². The van der Waals surface area contributed by atoms with E-state index in [-0.39, 0.29) is 30.9 Å². The third kappa shape index (κ3) is 5.77. The van der Waals surface area contributed by atoms with E-state index >= 15 is 0 Å². The Hall–Kier alpha value is -1.04. The highest BCUT2D eigenvalue weighted by atomic mass is 35.5. The van der Waals surface area contributed by atoms with Crippen molar-refractivity contribution in [2.75, 3.05) is 31.1 Å². The molecule has 0 bridgehead atoms. The van der Waals surface area contributed by atoms with Crippen LogP contribution in [0.3, 0.4) is 0 Å². The molecule has 29 heavy (non-hydrogen) atoms. The molecule has 5 nitrogen and oxygen atoms in total. The summed E-state index contributed by atoms with van der Waals surface area (Å²) in [4.78, 5) is 22.1. The first-order chi connectivity index (χ1) is 13.2. The Morgan fingerprint density at radius 3 is 2.59 bits per heavy atom. The van der Waals surface area contributed by atoms with Gasteiger partial charge in [0.05, 0.1) is 6.04 Å². The third-order valence-electron chi connectivity index (χ3n) is 6.92. The zero-order chi connectivity index (χ0) is 18.6. The molecule has 3 atom stereocenters. The van der Waals surface area contributed by atoms with Crippen molar-refractivity contribution in [2.24, 2.45) is 11.8 Å². The molecule has 1 saturated carbocycles. The maximum absolute atomic E-state index is 13.1. The van der Waals surface area contributed by atoms with Gasteiger partial charge in [0.1, 0.15) is 5.82 Å². The first-order valence-corrected chi connectivity index (χ1v) is 11.0. The highest BCUT2D eigenvalue weighted by molar-refractivity contribution is 5.85. The molecule has 2 saturated heterocycles. The Balaban J connectivity index is 0.00000150. The van der Waals surface area contributed by atoms with Gasteiger partial charge in [0.25, 0.3) is 0 Å². The van der Waals surface area contributed by atoms with Crippen LogP contribution in [0.2, 0.25) is 0 Å². The van der Waals surface area contributed by atoms with Gasteiger partial charge in [0, 0.05) is 38.4 Å². The Bertz CT molecular complexity index is 610. The molecule has 1 N–H and O–H groups in total. The molecule has 164 valence electrons. The number of pyridine rings is 1. The minimum Gasteiger partial charge on any atom is -0.357 e. The number of likely N-dealkylation sites (N-methyl/N-ethyl adjacent to an activating group) is 1. The van der Waals surface area contributed by atoms with Gasteiger partial charge in [-0.05, 0) is 63.0 Å². The lowest BCUT2D eigenvalue weighted by Gasteiger charge is -2.36. The molecular weight excluding hydrogens is 407 g/mol. The Kier molecular flexibility index (Phi) is 9.51. The average molecular weight is 443 g/mol. The summed E-state index contributed by atoms with van der Waals surface area (Å²) in [7, 11) is 0. The van der Waals surface area contributed by atoms with E-state index in [4.69, 9.17) is 0 Å². The van der Waals surface area contributed by atoms with Crippen molar-refractivity contribution in [3.8, 4) is 0 Å². The molecule has 0 spiro atoms. The number of piperidine rings is 1. The van der Waals surface area contributed by atoms with Crippen LogP contribution in [0.1, 0.15) is 51.9 Å². The minimum atomic E-state index is 0.